The highest BCUT2D eigenvalue weighted by Gasteiger charge is 2.26. The fourth-order valence-corrected chi connectivity index (χ4v) is 5.73. The summed E-state index contributed by atoms with van der Waals surface area (Å²) in [6.07, 6.45) is 3.47. The van der Waals surface area contributed by atoms with Gasteiger partial charge in [0.2, 0.25) is 15.9 Å². The lowest BCUT2D eigenvalue weighted by atomic mass is 10.2. The second-order valence-electron chi connectivity index (χ2n) is 8.35. The lowest BCUT2D eigenvalue weighted by Gasteiger charge is -2.25. The summed E-state index contributed by atoms with van der Waals surface area (Å²) in [5.74, 6) is 1.71. The summed E-state index contributed by atoms with van der Waals surface area (Å²) in [5.41, 5.74) is 2.01. The molecular formula is C24H30N4O5S. The minimum atomic E-state index is -3.53. The van der Waals surface area contributed by atoms with Crippen LogP contribution in [0.25, 0.3) is 11.0 Å². The maximum Gasteiger partial charge on any atom is 0.243 e. The molecule has 0 radical (unpaired) electrons. The molecule has 1 fully saturated rings. The molecule has 2 aromatic carbocycles. The Morgan fingerprint density at radius 2 is 1.71 bits per heavy atom. The van der Waals surface area contributed by atoms with Crippen LogP contribution in [0.15, 0.2) is 41.3 Å². The molecule has 0 spiro atoms. The number of aromatic nitrogens is 2. The molecule has 0 saturated carbocycles. The Morgan fingerprint density at radius 1 is 1.03 bits per heavy atom. The van der Waals surface area contributed by atoms with E-state index in [2.05, 4.69) is 10.3 Å². The second kappa shape index (κ2) is 10.0. The summed E-state index contributed by atoms with van der Waals surface area (Å²) in [6, 6.07) is 10.2. The van der Waals surface area contributed by atoms with Crippen LogP contribution in [-0.2, 0) is 28.3 Å². The number of sulfonamides is 1. The first-order valence-corrected chi connectivity index (χ1v) is 12.7. The number of hydrogen-bond acceptors (Lipinski definition) is 6. The summed E-state index contributed by atoms with van der Waals surface area (Å²) in [5, 5.41) is 2.86. The highest BCUT2D eigenvalue weighted by atomic mass is 32.2. The summed E-state index contributed by atoms with van der Waals surface area (Å²) in [6.45, 7) is 1.12. The molecule has 1 aliphatic rings. The van der Waals surface area contributed by atoms with E-state index < -0.39 is 10.0 Å². The Kier molecular flexibility index (Phi) is 7.08. The predicted octanol–water partition coefficient (Wildman–Crippen LogP) is 3.34. The molecule has 3 aromatic rings. The van der Waals surface area contributed by atoms with Crippen molar-refractivity contribution in [3.05, 3.63) is 42.2 Å². The zero-order valence-electron chi connectivity index (χ0n) is 19.7. The van der Waals surface area contributed by atoms with Crippen LogP contribution in [0, 0.1) is 0 Å². The van der Waals surface area contributed by atoms with E-state index in [1.165, 1.54) is 0 Å². The minimum Gasteiger partial charge on any atom is -0.497 e. The largest absolute Gasteiger partial charge is 0.497 e. The van der Waals surface area contributed by atoms with Crippen molar-refractivity contribution in [2.24, 2.45) is 7.05 Å². The van der Waals surface area contributed by atoms with Gasteiger partial charge in [-0.25, -0.2) is 13.4 Å². The maximum absolute atomic E-state index is 13.0. The number of amides is 1. The molecule has 0 atom stereocenters. The van der Waals surface area contributed by atoms with Crippen molar-refractivity contribution in [3.63, 3.8) is 0 Å². The van der Waals surface area contributed by atoms with Gasteiger partial charge in [-0.2, -0.15) is 4.31 Å². The molecule has 1 aliphatic heterocycles. The van der Waals surface area contributed by atoms with Crippen LogP contribution in [0.4, 0.5) is 5.69 Å². The van der Waals surface area contributed by atoms with Crippen LogP contribution >= 0.6 is 0 Å². The van der Waals surface area contributed by atoms with Gasteiger partial charge < -0.3 is 19.4 Å². The fraction of sp³-hybridized carbons (Fsp3) is 0.417. The SMILES string of the molecule is COc1cc(NC(=O)CCc2nc3cc(S(=O)(=O)N4CCCCC4)ccc3n2C)cc(OC)c1. The average Bonchev–Trinajstić information content (AvgIpc) is 3.17. The van der Waals surface area contributed by atoms with E-state index >= 15 is 0 Å². The van der Waals surface area contributed by atoms with Crippen LogP contribution in [0.3, 0.4) is 0 Å². The number of rotatable bonds is 8. The highest BCUT2D eigenvalue weighted by molar-refractivity contribution is 7.89. The van der Waals surface area contributed by atoms with Crippen LogP contribution in [0.1, 0.15) is 31.5 Å². The number of carbonyl (C=O) groups is 1. The highest BCUT2D eigenvalue weighted by Crippen LogP contribution is 2.27. The predicted molar refractivity (Wildman–Crippen MR) is 130 cm³/mol. The first-order chi connectivity index (χ1) is 16.3. The van der Waals surface area contributed by atoms with Gasteiger partial charge >= 0.3 is 0 Å². The number of methoxy groups -OCH3 is 2. The lowest BCUT2D eigenvalue weighted by Crippen LogP contribution is -2.35. The topological polar surface area (TPSA) is 103 Å². The number of carbonyl (C=O) groups excluding carboxylic acids is 1. The number of anilines is 1. The summed E-state index contributed by atoms with van der Waals surface area (Å²) < 4.78 is 40.0. The monoisotopic (exact) mass is 486 g/mol. The van der Waals surface area contributed by atoms with Crippen molar-refractivity contribution < 1.29 is 22.7 Å². The molecule has 1 aromatic heterocycles. The van der Waals surface area contributed by atoms with Gasteiger partial charge in [0.1, 0.15) is 17.3 Å². The quantitative estimate of drug-likeness (QED) is 0.524. The van der Waals surface area contributed by atoms with Crippen molar-refractivity contribution >= 4 is 32.7 Å². The number of hydrogen-bond donors (Lipinski definition) is 1. The van der Waals surface area contributed by atoms with Gasteiger partial charge in [-0.1, -0.05) is 6.42 Å². The van der Waals surface area contributed by atoms with Gasteiger partial charge in [-0.15, -0.1) is 0 Å². The number of nitrogens with zero attached hydrogens (tertiary/aromatic N) is 3. The van der Waals surface area contributed by atoms with Crippen molar-refractivity contribution in [1.29, 1.82) is 0 Å². The second-order valence-corrected chi connectivity index (χ2v) is 10.3. The average molecular weight is 487 g/mol. The van der Waals surface area contributed by atoms with Gasteiger partial charge in [-0.05, 0) is 31.0 Å². The van der Waals surface area contributed by atoms with Crippen LogP contribution in [0.2, 0.25) is 0 Å². The Hall–Kier alpha value is -3.11. The van der Waals surface area contributed by atoms with Crippen LogP contribution in [0.5, 0.6) is 11.5 Å². The van der Waals surface area contributed by atoms with Gasteiger partial charge in [0.25, 0.3) is 0 Å². The first kappa shape index (κ1) is 24.0. The molecule has 182 valence electrons. The molecule has 1 N–H and O–H groups in total. The van der Waals surface area contributed by atoms with E-state index in [1.54, 1.807) is 54.9 Å². The van der Waals surface area contributed by atoms with Gasteiger partial charge in [0.15, 0.2) is 0 Å². The van der Waals surface area contributed by atoms with Crippen molar-refractivity contribution in [2.45, 2.75) is 37.0 Å². The standard InChI is InChI=1S/C24H30N4O5S/c1-27-22-8-7-20(34(30,31)28-11-5-4-6-12-28)16-21(22)26-23(27)9-10-24(29)25-17-13-18(32-2)15-19(14-17)33-3/h7-8,13-16H,4-6,9-12H2,1-3H3,(H,25,29). The van der Waals surface area contributed by atoms with Crippen molar-refractivity contribution in [1.82, 2.24) is 13.9 Å². The van der Waals surface area contributed by atoms with Gasteiger partial charge in [0.05, 0.1) is 30.1 Å². The summed E-state index contributed by atoms with van der Waals surface area (Å²) >= 11 is 0. The van der Waals surface area contributed by atoms with E-state index in [0.717, 1.165) is 24.8 Å². The molecule has 4 rings (SSSR count). The zero-order chi connectivity index (χ0) is 24.3. The molecule has 0 bridgehead atoms. The number of aryl methyl sites for hydroxylation is 2. The molecule has 1 amide bonds. The Labute approximate surface area is 199 Å². The minimum absolute atomic E-state index is 0.171. The summed E-state index contributed by atoms with van der Waals surface area (Å²) in [4.78, 5) is 17.4. The number of benzene rings is 2. The summed E-state index contributed by atoms with van der Waals surface area (Å²) in [7, 11) is 1.44. The Balaban J connectivity index is 1.47. The zero-order valence-corrected chi connectivity index (χ0v) is 20.5. The van der Waals surface area contributed by atoms with Gasteiger partial charge in [0, 0.05) is 56.9 Å². The van der Waals surface area contributed by atoms with E-state index in [1.807, 2.05) is 11.6 Å². The first-order valence-electron chi connectivity index (χ1n) is 11.3. The van der Waals surface area contributed by atoms with Crippen LogP contribution < -0.4 is 14.8 Å². The maximum atomic E-state index is 13.0. The molecule has 9 nitrogen and oxygen atoms in total. The fourth-order valence-electron chi connectivity index (χ4n) is 4.20. The Morgan fingerprint density at radius 3 is 2.35 bits per heavy atom. The molecule has 0 aliphatic carbocycles. The molecule has 34 heavy (non-hydrogen) atoms. The molecular weight excluding hydrogens is 456 g/mol. The molecule has 10 heteroatoms. The number of piperidine rings is 1. The molecule has 1 saturated heterocycles. The van der Waals surface area contributed by atoms with E-state index in [-0.39, 0.29) is 17.2 Å². The van der Waals surface area contributed by atoms with E-state index in [9.17, 15) is 13.2 Å². The van der Waals surface area contributed by atoms with E-state index in [0.29, 0.717) is 48.0 Å². The van der Waals surface area contributed by atoms with Gasteiger partial charge in [-0.3, -0.25) is 4.79 Å². The molecule has 0 unspecified atom stereocenters. The van der Waals surface area contributed by atoms with Crippen molar-refractivity contribution in [2.75, 3.05) is 32.6 Å². The third-order valence-corrected chi connectivity index (χ3v) is 8.00. The lowest BCUT2D eigenvalue weighted by molar-refractivity contribution is -0.116. The third-order valence-electron chi connectivity index (χ3n) is 6.11. The van der Waals surface area contributed by atoms with Crippen LogP contribution in [-0.4, -0.2) is 55.5 Å². The van der Waals surface area contributed by atoms with E-state index in [4.69, 9.17) is 9.47 Å². The number of nitrogens with one attached hydrogen (secondary N) is 1. The Bertz CT molecular complexity index is 1270. The number of imidazole rings is 1. The normalized spacial score (nSPS) is 14.8. The smallest absolute Gasteiger partial charge is 0.243 e. The van der Waals surface area contributed by atoms with Crippen molar-refractivity contribution in [3.8, 4) is 11.5 Å². The number of ether oxygens (including phenoxy) is 2. The number of fused-ring (bicyclic) bond motifs is 1. The molecule has 2 heterocycles. The third kappa shape index (κ3) is 5.02.